The molecule has 0 aliphatic rings. The van der Waals surface area contributed by atoms with E-state index in [0.717, 1.165) is 0 Å². The molecule has 0 bridgehead atoms. The molecule has 0 radical (unpaired) electrons. The van der Waals surface area contributed by atoms with E-state index in [1.165, 1.54) is 25.3 Å². The van der Waals surface area contributed by atoms with Gasteiger partial charge in [-0.3, -0.25) is 0 Å². The molecule has 5 heteroatoms. The quantitative estimate of drug-likeness (QED) is 0.705. The number of hydrogen-bond donors (Lipinski definition) is 0. The Labute approximate surface area is 85.6 Å². The van der Waals surface area contributed by atoms with Crippen molar-refractivity contribution < 1.29 is 14.3 Å². The highest BCUT2D eigenvalue weighted by Crippen LogP contribution is 2.22. The molecule has 0 spiro atoms. The fourth-order valence-corrected chi connectivity index (χ4v) is 0.995. The molecule has 0 fully saturated rings. The molecule has 14 heavy (non-hydrogen) atoms. The second-order valence-corrected chi connectivity index (χ2v) is 2.66. The molecule has 4 nitrogen and oxygen atoms in total. The molecule has 0 atom stereocenters. The second kappa shape index (κ2) is 4.49. The number of ether oxygens (including phenoxy) is 2. The molecule has 0 aliphatic carbocycles. The molecule has 0 unspecified atom stereocenters. The summed E-state index contributed by atoms with van der Waals surface area (Å²) in [6, 6.07) is 6.27. The average molecular weight is 212 g/mol. The van der Waals surface area contributed by atoms with Crippen molar-refractivity contribution in [2.24, 2.45) is 0 Å². The molecule has 1 aromatic carbocycles. The molecule has 0 saturated carbocycles. The first kappa shape index (κ1) is 10.4. The van der Waals surface area contributed by atoms with Crippen LogP contribution in [0.25, 0.3) is 0 Å². The van der Waals surface area contributed by atoms with E-state index < -0.39 is 5.43 Å². The van der Waals surface area contributed by atoms with Gasteiger partial charge in [-0.1, -0.05) is 0 Å². The van der Waals surface area contributed by atoms with Crippen molar-refractivity contribution in [3.63, 3.8) is 0 Å². The van der Waals surface area contributed by atoms with Gasteiger partial charge in [0.15, 0.2) is 0 Å². The largest absolute Gasteiger partial charge is 0.497 e. The standard InChI is InChI=1S/C9H6ClNO3/c1-13-7-2-6(5-11)3-8(4-7)14-9(10)12/h2-4H,1H3. The average Bonchev–Trinajstić information content (AvgIpc) is 2.16. The molecule has 0 N–H and O–H groups in total. The highest BCUT2D eigenvalue weighted by Gasteiger charge is 2.04. The fraction of sp³-hybridized carbons (Fsp3) is 0.111. The zero-order valence-electron chi connectivity index (χ0n) is 7.28. The van der Waals surface area contributed by atoms with Gasteiger partial charge in [-0.25, -0.2) is 4.79 Å². The summed E-state index contributed by atoms with van der Waals surface area (Å²) in [6.45, 7) is 0. The lowest BCUT2D eigenvalue weighted by Crippen LogP contribution is -1.97. The van der Waals surface area contributed by atoms with Gasteiger partial charge in [0.2, 0.25) is 0 Å². The lowest BCUT2D eigenvalue weighted by Gasteiger charge is -2.03. The summed E-state index contributed by atoms with van der Waals surface area (Å²) in [6.07, 6.45) is 0. The van der Waals surface area contributed by atoms with Gasteiger partial charge in [0, 0.05) is 17.7 Å². The summed E-state index contributed by atoms with van der Waals surface area (Å²) in [5, 5.41) is 8.64. The smallest absolute Gasteiger partial charge is 0.409 e. The van der Waals surface area contributed by atoms with Crippen LogP contribution in [0.5, 0.6) is 11.5 Å². The molecule has 72 valence electrons. The zero-order chi connectivity index (χ0) is 10.6. The topological polar surface area (TPSA) is 59.3 Å². The predicted molar refractivity (Wildman–Crippen MR) is 49.6 cm³/mol. The van der Waals surface area contributed by atoms with Crippen LogP contribution in [0.1, 0.15) is 5.56 Å². The first-order valence-electron chi connectivity index (χ1n) is 3.62. The maximum Gasteiger partial charge on any atom is 0.409 e. The minimum Gasteiger partial charge on any atom is -0.497 e. The van der Waals surface area contributed by atoms with E-state index in [2.05, 4.69) is 4.74 Å². The van der Waals surface area contributed by atoms with Gasteiger partial charge >= 0.3 is 5.43 Å². The summed E-state index contributed by atoms with van der Waals surface area (Å²) in [5.41, 5.74) is -0.626. The van der Waals surface area contributed by atoms with E-state index in [-0.39, 0.29) is 5.75 Å². The number of hydrogen-bond acceptors (Lipinski definition) is 4. The molecular weight excluding hydrogens is 206 g/mol. The number of nitrogens with zero attached hydrogens (tertiary/aromatic N) is 1. The molecular formula is C9H6ClNO3. The lowest BCUT2D eigenvalue weighted by atomic mass is 10.2. The molecule has 0 heterocycles. The van der Waals surface area contributed by atoms with Crippen LogP contribution in [0.15, 0.2) is 18.2 Å². The van der Waals surface area contributed by atoms with Crippen molar-refractivity contribution in [1.29, 1.82) is 5.26 Å². The van der Waals surface area contributed by atoms with Crippen LogP contribution in [0.4, 0.5) is 4.79 Å². The Balaban J connectivity index is 3.05. The third-order valence-corrected chi connectivity index (χ3v) is 1.52. The maximum absolute atomic E-state index is 10.4. The van der Waals surface area contributed by atoms with E-state index in [9.17, 15) is 4.79 Å². The number of nitriles is 1. The highest BCUT2D eigenvalue weighted by molar-refractivity contribution is 6.61. The van der Waals surface area contributed by atoms with E-state index >= 15 is 0 Å². The summed E-state index contributed by atoms with van der Waals surface area (Å²) in [4.78, 5) is 10.4. The van der Waals surface area contributed by atoms with Crippen LogP contribution in [-0.2, 0) is 0 Å². The summed E-state index contributed by atoms with van der Waals surface area (Å²) < 4.78 is 9.49. The summed E-state index contributed by atoms with van der Waals surface area (Å²) in [7, 11) is 1.45. The third-order valence-electron chi connectivity index (χ3n) is 1.44. The van der Waals surface area contributed by atoms with E-state index in [1.807, 2.05) is 6.07 Å². The van der Waals surface area contributed by atoms with Crippen LogP contribution in [-0.4, -0.2) is 12.5 Å². The molecule has 0 aliphatic heterocycles. The minimum absolute atomic E-state index is 0.181. The normalized spacial score (nSPS) is 8.93. The van der Waals surface area contributed by atoms with Gasteiger partial charge in [0.1, 0.15) is 11.5 Å². The predicted octanol–water partition coefficient (Wildman–Crippen LogP) is 2.30. The summed E-state index contributed by atoms with van der Waals surface area (Å²) in [5.74, 6) is 0.609. The molecule has 1 rings (SSSR count). The first-order chi connectivity index (χ1) is 6.65. The number of methoxy groups -OCH3 is 1. The number of carbonyl (C=O) groups is 1. The molecule has 1 aromatic rings. The summed E-state index contributed by atoms with van der Waals surface area (Å²) >= 11 is 5.02. The Bertz CT molecular complexity index is 398. The van der Waals surface area contributed by atoms with Gasteiger partial charge in [-0.2, -0.15) is 5.26 Å². The Morgan fingerprint density at radius 2 is 2.07 bits per heavy atom. The van der Waals surface area contributed by atoms with Crippen molar-refractivity contribution in [3.05, 3.63) is 23.8 Å². The molecule has 0 aromatic heterocycles. The van der Waals surface area contributed by atoms with Crippen molar-refractivity contribution in [2.45, 2.75) is 0 Å². The molecule has 0 saturated heterocycles. The SMILES string of the molecule is COc1cc(C#N)cc(OC(=O)Cl)c1. The fourth-order valence-electron chi connectivity index (χ4n) is 0.906. The van der Waals surface area contributed by atoms with Gasteiger partial charge in [0.25, 0.3) is 0 Å². The number of halogens is 1. The monoisotopic (exact) mass is 211 g/mol. The van der Waals surface area contributed by atoms with Gasteiger partial charge < -0.3 is 9.47 Å². The van der Waals surface area contributed by atoms with Crippen molar-refractivity contribution in [2.75, 3.05) is 7.11 Å². The van der Waals surface area contributed by atoms with E-state index in [0.29, 0.717) is 11.3 Å². The van der Waals surface area contributed by atoms with Crippen LogP contribution in [0.2, 0.25) is 0 Å². The Morgan fingerprint density at radius 3 is 2.57 bits per heavy atom. The number of benzene rings is 1. The maximum atomic E-state index is 10.4. The first-order valence-corrected chi connectivity index (χ1v) is 4.00. The molecule has 0 amide bonds. The van der Waals surface area contributed by atoms with Crippen molar-refractivity contribution >= 4 is 17.0 Å². The Morgan fingerprint density at radius 1 is 1.43 bits per heavy atom. The van der Waals surface area contributed by atoms with Crippen LogP contribution in [0, 0.1) is 11.3 Å². The Hall–Kier alpha value is -1.73. The van der Waals surface area contributed by atoms with Crippen molar-refractivity contribution in [3.8, 4) is 17.6 Å². The Kier molecular flexibility index (Phi) is 3.32. The second-order valence-electron chi connectivity index (χ2n) is 2.35. The third kappa shape index (κ3) is 2.64. The van der Waals surface area contributed by atoms with Gasteiger partial charge in [0.05, 0.1) is 18.7 Å². The minimum atomic E-state index is -0.956. The highest BCUT2D eigenvalue weighted by atomic mass is 35.5. The van der Waals surface area contributed by atoms with Gasteiger partial charge in [-0.15, -0.1) is 0 Å². The lowest BCUT2D eigenvalue weighted by molar-refractivity contribution is 0.225. The number of carbonyl (C=O) groups excluding carboxylic acids is 1. The van der Waals surface area contributed by atoms with Crippen LogP contribution >= 0.6 is 11.6 Å². The van der Waals surface area contributed by atoms with E-state index in [1.54, 1.807) is 0 Å². The van der Waals surface area contributed by atoms with Crippen LogP contribution < -0.4 is 9.47 Å². The van der Waals surface area contributed by atoms with Gasteiger partial charge in [-0.05, 0) is 12.1 Å². The number of rotatable bonds is 2. The zero-order valence-corrected chi connectivity index (χ0v) is 8.04. The van der Waals surface area contributed by atoms with Crippen molar-refractivity contribution in [1.82, 2.24) is 0 Å². The van der Waals surface area contributed by atoms with Crippen LogP contribution in [0.3, 0.4) is 0 Å². The van der Waals surface area contributed by atoms with E-state index in [4.69, 9.17) is 21.6 Å².